The van der Waals surface area contributed by atoms with E-state index in [1.165, 1.54) is 29.9 Å². The van der Waals surface area contributed by atoms with Crippen molar-refractivity contribution < 1.29 is 67.0 Å². The summed E-state index contributed by atoms with van der Waals surface area (Å²) < 4.78 is 32.8. The van der Waals surface area contributed by atoms with Gasteiger partial charge in [-0.2, -0.15) is 0 Å². The molecule has 352 valence electrons. The maximum Gasteiger partial charge on any atom is 0.469 e. The Hall–Kier alpha value is -4.20. The Morgan fingerprint density at radius 2 is 1.67 bits per heavy atom. The third-order valence-corrected chi connectivity index (χ3v) is 11.4. The van der Waals surface area contributed by atoms with Crippen LogP contribution in [0, 0.1) is 17.8 Å². The summed E-state index contributed by atoms with van der Waals surface area (Å²) >= 11 is 0. The van der Waals surface area contributed by atoms with Gasteiger partial charge in [0.2, 0.25) is 17.7 Å². The van der Waals surface area contributed by atoms with E-state index in [1.54, 1.807) is 7.11 Å². The molecule has 7 atom stereocenters. The zero-order valence-corrected chi connectivity index (χ0v) is 37.8. The van der Waals surface area contributed by atoms with Gasteiger partial charge in [-0.3, -0.25) is 33.3 Å². The number of aryl methyl sites for hydroxylation is 1. The number of aliphatic hydroxyl groups excluding tert-OH is 1. The highest BCUT2D eigenvalue weighted by atomic mass is 31.2. The molecular formula is C43H66N5O14P. The van der Waals surface area contributed by atoms with Crippen molar-refractivity contribution in [3.63, 3.8) is 0 Å². The Morgan fingerprint density at radius 3 is 2.29 bits per heavy atom. The number of carbonyl (C=O) groups is 6. The van der Waals surface area contributed by atoms with Gasteiger partial charge < -0.3 is 49.6 Å². The van der Waals surface area contributed by atoms with Crippen LogP contribution in [0.5, 0.6) is 0 Å². The zero-order chi connectivity index (χ0) is 46.5. The third kappa shape index (κ3) is 19.2. The van der Waals surface area contributed by atoms with Gasteiger partial charge in [0.05, 0.1) is 69.3 Å². The number of phosphoric acid groups is 1. The molecular weight excluding hydrogens is 841 g/mol. The van der Waals surface area contributed by atoms with E-state index in [-0.39, 0.29) is 50.7 Å². The first-order valence-electron chi connectivity index (χ1n) is 21.4. The summed E-state index contributed by atoms with van der Waals surface area (Å²) in [7, 11) is -3.47. The van der Waals surface area contributed by atoms with Crippen LogP contribution in [0.25, 0.3) is 0 Å². The number of carbonyl (C=O) groups excluding carboxylic acids is 6. The van der Waals surface area contributed by atoms with Gasteiger partial charge in [-0.25, -0.2) is 9.55 Å². The third-order valence-electron chi connectivity index (χ3n) is 10.8. The van der Waals surface area contributed by atoms with Crippen LogP contribution in [-0.2, 0) is 64.9 Å². The number of rotatable bonds is 31. The molecule has 1 aliphatic heterocycles. The minimum atomic E-state index is -5.01. The molecule has 0 aliphatic carbocycles. The number of aromatic amines is 1. The van der Waals surface area contributed by atoms with Gasteiger partial charge >= 0.3 is 7.82 Å². The van der Waals surface area contributed by atoms with Gasteiger partial charge in [0.15, 0.2) is 11.6 Å². The molecule has 3 rings (SSSR count). The van der Waals surface area contributed by atoms with Crippen molar-refractivity contribution in [1.29, 1.82) is 0 Å². The number of ketones is 3. The standard InChI is InChI=1S/C43H66N5O14P/c1-28(2)19-36(46-43(55)38-22-34(25-48(38)41(53)14-16-60-18-17-59-5)61-15-10-9-13-31-11-7-6-8-12-31)39(51)21-32(20-33-24-44-27-45-33)42(54)47-37(26-49)40(52)23-35(29(3)50)30(4)62-63(56,57)58/h6-8,11-12,24,27-28,30,32,34-38,49H,9-10,13-23,25-26H2,1-5H3,(H,44,45)(H,46,55)(H,47,54)(H2,56,57,58)/t30?,32-,34-,35-,36+,37+,38+/m1/s1. The highest BCUT2D eigenvalue weighted by Gasteiger charge is 2.42. The fourth-order valence-electron chi connectivity index (χ4n) is 7.44. The number of ether oxygens (including phenoxy) is 3. The van der Waals surface area contributed by atoms with Crippen molar-refractivity contribution in [2.45, 2.75) is 116 Å². The largest absolute Gasteiger partial charge is 0.469 e. The average molecular weight is 908 g/mol. The smallest absolute Gasteiger partial charge is 0.394 e. The lowest BCUT2D eigenvalue weighted by Gasteiger charge is -2.28. The monoisotopic (exact) mass is 907 g/mol. The maximum atomic E-state index is 14.2. The Balaban J connectivity index is 1.76. The van der Waals surface area contributed by atoms with Crippen LogP contribution in [0.4, 0.5) is 0 Å². The molecule has 0 radical (unpaired) electrons. The van der Waals surface area contributed by atoms with Gasteiger partial charge in [-0.1, -0.05) is 44.2 Å². The second kappa shape index (κ2) is 27.2. The number of amides is 3. The lowest BCUT2D eigenvalue weighted by atomic mass is 9.89. The molecule has 0 saturated carbocycles. The number of hydrogen-bond donors (Lipinski definition) is 6. The normalized spacial score (nSPS) is 17.8. The van der Waals surface area contributed by atoms with E-state index in [2.05, 4.69) is 37.3 Å². The number of nitrogens with one attached hydrogen (secondary N) is 3. The average Bonchev–Trinajstić information content (AvgIpc) is 3.91. The molecule has 1 aromatic heterocycles. The second-order valence-corrected chi connectivity index (χ2v) is 17.6. The molecule has 1 unspecified atom stereocenters. The quantitative estimate of drug-likeness (QED) is 0.0468. The van der Waals surface area contributed by atoms with Crippen LogP contribution in [0.1, 0.15) is 83.9 Å². The van der Waals surface area contributed by atoms with Gasteiger partial charge in [0.1, 0.15) is 17.9 Å². The fraction of sp³-hybridized carbons (Fsp3) is 0.651. The van der Waals surface area contributed by atoms with Crippen molar-refractivity contribution in [2.75, 3.05) is 46.7 Å². The number of H-pyrrole nitrogens is 1. The Morgan fingerprint density at radius 1 is 0.952 bits per heavy atom. The van der Waals surface area contributed by atoms with E-state index >= 15 is 0 Å². The summed E-state index contributed by atoms with van der Waals surface area (Å²) in [6, 6.07) is 6.55. The van der Waals surface area contributed by atoms with E-state index in [0.29, 0.717) is 25.5 Å². The number of likely N-dealkylation sites (tertiary alicyclic amines) is 1. The second-order valence-electron chi connectivity index (χ2n) is 16.4. The Bertz CT molecular complexity index is 1790. The highest BCUT2D eigenvalue weighted by molar-refractivity contribution is 7.46. The first-order valence-corrected chi connectivity index (χ1v) is 23.0. The lowest BCUT2D eigenvalue weighted by Crippen LogP contribution is -2.52. The zero-order valence-electron chi connectivity index (χ0n) is 36.9. The number of unbranched alkanes of at least 4 members (excludes halogenated alkanes) is 1. The van der Waals surface area contributed by atoms with Crippen LogP contribution in [0.3, 0.4) is 0 Å². The number of methoxy groups -OCH3 is 1. The van der Waals surface area contributed by atoms with Crippen molar-refractivity contribution in [3.05, 3.63) is 54.1 Å². The molecule has 0 bridgehead atoms. The molecule has 2 aromatic rings. The van der Waals surface area contributed by atoms with E-state index in [1.807, 2.05) is 32.0 Å². The molecule has 2 heterocycles. The lowest BCUT2D eigenvalue weighted by molar-refractivity contribution is -0.140. The van der Waals surface area contributed by atoms with E-state index < -0.39 is 98.6 Å². The summed E-state index contributed by atoms with van der Waals surface area (Å²) in [6.45, 7) is 6.59. The molecule has 6 N–H and O–H groups in total. The molecule has 1 fully saturated rings. The van der Waals surface area contributed by atoms with Crippen molar-refractivity contribution in [2.24, 2.45) is 17.8 Å². The number of aromatic nitrogens is 2. The van der Waals surface area contributed by atoms with Crippen LogP contribution >= 0.6 is 7.82 Å². The molecule has 1 aliphatic rings. The van der Waals surface area contributed by atoms with Crippen LogP contribution in [0.2, 0.25) is 0 Å². The van der Waals surface area contributed by atoms with E-state index in [4.69, 9.17) is 14.2 Å². The van der Waals surface area contributed by atoms with Crippen molar-refractivity contribution >= 4 is 42.9 Å². The molecule has 3 amide bonds. The topological polar surface area (TPSA) is 273 Å². The Labute approximate surface area is 369 Å². The first-order chi connectivity index (χ1) is 29.9. The number of nitrogens with zero attached hydrogens (tertiary/aromatic N) is 2. The number of phosphoric ester groups is 1. The Kier molecular flexibility index (Phi) is 22.9. The number of benzene rings is 1. The van der Waals surface area contributed by atoms with E-state index in [9.17, 15) is 48.2 Å². The molecule has 0 spiro atoms. The van der Waals surface area contributed by atoms with Gasteiger partial charge in [-0.15, -0.1) is 0 Å². The van der Waals surface area contributed by atoms with Crippen LogP contribution < -0.4 is 10.6 Å². The van der Waals surface area contributed by atoms with E-state index in [0.717, 1.165) is 26.2 Å². The highest BCUT2D eigenvalue weighted by Crippen LogP contribution is 2.39. The van der Waals surface area contributed by atoms with Gasteiger partial charge in [0, 0.05) is 57.8 Å². The molecule has 1 saturated heterocycles. The van der Waals surface area contributed by atoms with Gasteiger partial charge in [-0.05, 0) is 51.0 Å². The van der Waals surface area contributed by atoms with Crippen molar-refractivity contribution in [1.82, 2.24) is 25.5 Å². The summed E-state index contributed by atoms with van der Waals surface area (Å²) in [5, 5.41) is 15.5. The minimum absolute atomic E-state index is 0.0168. The predicted molar refractivity (Wildman–Crippen MR) is 229 cm³/mol. The number of aliphatic hydroxyl groups is 1. The minimum Gasteiger partial charge on any atom is -0.394 e. The number of hydrogen-bond acceptors (Lipinski definition) is 13. The molecule has 1 aromatic carbocycles. The summed E-state index contributed by atoms with van der Waals surface area (Å²) in [6.07, 6.45) is 2.99. The summed E-state index contributed by atoms with van der Waals surface area (Å²) in [4.78, 5) is 108. The number of imidazole rings is 1. The molecule has 63 heavy (non-hydrogen) atoms. The molecule has 19 nitrogen and oxygen atoms in total. The summed E-state index contributed by atoms with van der Waals surface area (Å²) in [5.41, 5.74) is 1.71. The number of Topliss-reactive ketones (excluding diaryl/α,β-unsaturated/α-hetero) is 3. The van der Waals surface area contributed by atoms with Gasteiger partial charge in [0.25, 0.3) is 0 Å². The van der Waals surface area contributed by atoms with Crippen LogP contribution in [-0.4, -0.2) is 142 Å². The SMILES string of the molecule is COCCOCCC(=O)N1C[C@H](OCCCCc2ccccc2)C[C@H]1C(=O)N[C@@H](CC(C)C)C(=O)C[C@@H](Cc1cnc[nH]1)C(=O)N[C@@H](CO)C(=O)C[C@H](C(C)=O)C(C)OP(=O)(O)O. The van der Waals surface area contributed by atoms with Crippen molar-refractivity contribution in [3.8, 4) is 0 Å². The predicted octanol–water partition coefficient (Wildman–Crippen LogP) is 2.26. The first kappa shape index (κ1) is 53.1. The molecule has 20 heteroatoms. The fourth-order valence-corrected chi connectivity index (χ4v) is 8.02. The summed E-state index contributed by atoms with van der Waals surface area (Å²) in [5.74, 6) is -6.06. The maximum absolute atomic E-state index is 14.2. The van der Waals surface area contributed by atoms with Crippen LogP contribution in [0.15, 0.2) is 42.9 Å².